The fraction of sp³-hybridized carbons (Fsp3) is 1.00. The van der Waals surface area contributed by atoms with Gasteiger partial charge in [-0.1, -0.05) is 0 Å². The first-order chi connectivity index (χ1) is 5.33. The van der Waals surface area contributed by atoms with E-state index in [1.807, 2.05) is 0 Å². The lowest BCUT2D eigenvalue weighted by molar-refractivity contribution is 0.208. The molecule has 0 bridgehead atoms. The van der Waals surface area contributed by atoms with Gasteiger partial charge in [-0.15, -0.1) is 0 Å². The molecule has 1 saturated heterocycles. The number of nitrogens with zero attached hydrogens (tertiary/aromatic N) is 1. The number of likely N-dealkylation sites (tertiary alicyclic amines) is 1. The Morgan fingerprint density at radius 3 is 2.91 bits per heavy atom. The molecular formula is C8H19N3. The van der Waals surface area contributed by atoms with Gasteiger partial charge in [0.05, 0.1) is 0 Å². The van der Waals surface area contributed by atoms with Crippen LogP contribution in [-0.2, 0) is 0 Å². The fourth-order valence-electron chi connectivity index (χ4n) is 1.61. The van der Waals surface area contributed by atoms with Crippen LogP contribution in [0.1, 0.15) is 19.3 Å². The number of piperidine rings is 1. The minimum Gasteiger partial charge on any atom is -0.330 e. The van der Waals surface area contributed by atoms with Crippen LogP contribution in [0.3, 0.4) is 0 Å². The summed E-state index contributed by atoms with van der Waals surface area (Å²) in [7, 11) is 0. The monoisotopic (exact) mass is 157 g/mol. The molecule has 1 heterocycles. The molecule has 1 rings (SSSR count). The quantitative estimate of drug-likeness (QED) is 0.594. The second-order valence-electron chi connectivity index (χ2n) is 3.35. The van der Waals surface area contributed by atoms with Gasteiger partial charge in [0.15, 0.2) is 0 Å². The van der Waals surface area contributed by atoms with Crippen molar-refractivity contribution < 1.29 is 0 Å². The van der Waals surface area contributed by atoms with E-state index in [1.165, 1.54) is 19.4 Å². The van der Waals surface area contributed by atoms with Gasteiger partial charge in [-0.25, -0.2) is 0 Å². The van der Waals surface area contributed by atoms with E-state index in [-0.39, 0.29) is 0 Å². The predicted octanol–water partition coefficient (Wildman–Crippen LogP) is -0.242. The van der Waals surface area contributed by atoms with Gasteiger partial charge in [-0.05, 0) is 38.9 Å². The maximum atomic E-state index is 5.82. The van der Waals surface area contributed by atoms with E-state index < -0.39 is 0 Å². The molecule has 0 saturated carbocycles. The SMILES string of the molecule is NCCCN1CCCC(N)C1. The Morgan fingerprint density at radius 2 is 2.27 bits per heavy atom. The van der Waals surface area contributed by atoms with Crippen molar-refractivity contribution in [3.05, 3.63) is 0 Å². The van der Waals surface area contributed by atoms with Crippen molar-refractivity contribution in [3.8, 4) is 0 Å². The average Bonchev–Trinajstić information content (AvgIpc) is 2.01. The van der Waals surface area contributed by atoms with E-state index in [0.29, 0.717) is 6.04 Å². The molecule has 1 unspecified atom stereocenters. The van der Waals surface area contributed by atoms with Gasteiger partial charge in [0.25, 0.3) is 0 Å². The van der Waals surface area contributed by atoms with Gasteiger partial charge in [0.1, 0.15) is 0 Å². The number of hydrogen-bond acceptors (Lipinski definition) is 3. The van der Waals surface area contributed by atoms with Crippen molar-refractivity contribution in [3.63, 3.8) is 0 Å². The lowest BCUT2D eigenvalue weighted by atomic mass is 10.1. The number of rotatable bonds is 3. The minimum atomic E-state index is 0.404. The maximum Gasteiger partial charge on any atom is 0.0168 e. The zero-order chi connectivity index (χ0) is 8.10. The summed E-state index contributed by atoms with van der Waals surface area (Å²) in [5.74, 6) is 0. The zero-order valence-electron chi connectivity index (χ0n) is 7.13. The summed E-state index contributed by atoms with van der Waals surface area (Å²) in [5, 5.41) is 0. The molecule has 0 amide bonds. The van der Waals surface area contributed by atoms with E-state index in [9.17, 15) is 0 Å². The third-order valence-corrected chi connectivity index (χ3v) is 2.22. The topological polar surface area (TPSA) is 55.3 Å². The molecule has 1 atom stereocenters. The Bertz CT molecular complexity index is 106. The molecule has 66 valence electrons. The van der Waals surface area contributed by atoms with E-state index >= 15 is 0 Å². The molecule has 3 nitrogen and oxygen atoms in total. The van der Waals surface area contributed by atoms with Crippen molar-refractivity contribution in [2.45, 2.75) is 25.3 Å². The molecule has 1 fully saturated rings. The first kappa shape index (κ1) is 8.97. The highest BCUT2D eigenvalue weighted by atomic mass is 15.1. The fourth-order valence-corrected chi connectivity index (χ4v) is 1.61. The second kappa shape index (κ2) is 4.70. The Morgan fingerprint density at radius 1 is 1.45 bits per heavy atom. The second-order valence-corrected chi connectivity index (χ2v) is 3.35. The summed E-state index contributed by atoms with van der Waals surface area (Å²) < 4.78 is 0. The molecule has 1 aliphatic heterocycles. The van der Waals surface area contributed by atoms with Crippen LogP contribution < -0.4 is 11.5 Å². The van der Waals surface area contributed by atoms with Crippen LogP contribution in [0.25, 0.3) is 0 Å². The highest BCUT2D eigenvalue weighted by Crippen LogP contribution is 2.07. The van der Waals surface area contributed by atoms with Crippen LogP contribution in [0.15, 0.2) is 0 Å². The Balaban J connectivity index is 2.12. The summed E-state index contributed by atoms with van der Waals surface area (Å²) in [6.45, 7) is 4.21. The molecule has 1 aliphatic rings. The lowest BCUT2D eigenvalue weighted by Crippen LogP contribution is -2.43. The first-order valence-electron chi connectivity index (χ1n) is 4.51. The smallest absolute Gasteiger partial charge is 0.0168 e. The summed E-state index contributed by atoms with van der Waals surface area (Å²) in [4.78, 5) is 2.42. The van der Waals surface area contributed by atoms with Crippen LogP contribution in [0.2, 0.25) is 0 Å². The number of hydrogen-bond donors (Lipinski definition) is 2. The summed E-state index contributed by atoms with van der Waals surface area (Å²) in [5.41, 5.74) is 11.2. The van der Waals surface area contributed by atoms with Gasteiger partial charge in [-0.3, -0.25) is 0 Å². The Kier molecular flexibility index (Phi) is 3.83. The zero-order valence-corrected chi connectivity index (χ0v) is 7.13. The molecule has 3 heteroatoms. The van der Waals surface area contributed by atoms with Crippen molar-refractivity contribution in [2.75, 3.05) is 26.2 Å². The van der Waals surface area contributed by atoms with Crippen molar-refractivity contribution >= 4 is 0 Å². The van der Waals surface area contributed by atoms with E-state index in [2.05, 4.69) is 4.90 Å². The summed E-state index contributed by atoms with van der Waals surface area (Å²) in [6.07, 6.45) is 3.55. The molecule has 11 heavy (non-hydrogen) atoms. The molecule has 0 spiro atoms. The van der Waals surface area contributed by atoms with Gasteiger partial charge in [0, 0.05) is 12.6 Å². The van der Waals surface area contributed by atoms with Gasteiger partial charge in [-0.2, -0.15) is 0 Å². The predicted molar refractivity (Wildman–Crippen MR) is 47.3 cm³/mol. The third kappa shape index (κ3) is 3.18. The number of nitrogens with two attached hydrogens (primary N) is 2. The third-order valence-electron chi connectivity index (χ3n) is 2.22. The van der Waals surface area contributed by atoms with Crippen LogP contribution in [0, 0.1) is 0 Å². The minimum absolute atomic E-state index is 0.404. The van der Waals surface area contributed by atoms with Gasteiger partial charge < -0.3 is 16.4 Å². The lowest BCUT2D eigenvalue weighted by Gasteiger charge is -2.30. The van der Waals surface area contributed by atoms with Crippen LogP contribution in [0.4, 0.5) is 0 Å². The Labute approximate surface area is 68.7 Å². The largest absolute Gasteiger partial charge is 0.330 e. The van der Waals surface area contributed by atoms with Crippen molar-refractivity contribution in [1.29, 1.82) is 0 Å². The van der Waals surface area contributed by atoms with E-state index in [0.717, 1.165) is 26.1 Å². The molecule has 0 aliphatic carbocycles. The highest BCUT2D eigenvalue weighted by molar-refractivity contribution is 4.74. The maximum absolute atomic E-state index is 5.82. The van der Waals surface area contributed by atoms with Crippen LogP contribution in [-0.4, -0.2) is 37.1 Å². The van der Waals surface area contributed by atoms with E-state index in [4.69, 9.17) is 11.5 Å². The normalized spacial score (nSPS) is 27.3. The average molecular weight is 157 g/mol. The van der Waals surface area contributed by atoms with Crippen molar-refractivity contribution in [1.82, 2.24) is 4.90 Å². The van der Waals surface area contributed by atoms with E-state index in [1.54, 1.807) is 0 Å². The first-order valence-corrected chi connectivity index (χ1v) is 4.51. The molecule has 4 N–H and O–H groups in total. The molecule has 0 radical (unpaired) electrons. The molecule has 0 aromatic rings. The molecule has 0 aromatic heterocycles. The summed E-state index contributed by atoms with van der Waals surface area (Å²) >= 11 is 0. The summed E-state index contributed by atoms with van der Waals surface area (Å²) in [6, 6.07) is 0.404. The molecule has 0 aromatic carbocycles. The Hall–Kier alpha value is -0.120. The van der Waals surface area contributed by atoms with Gasteiger partial charge in [0.2, 0.25) is 0 Å². The van der Waals surface area contributed by atoms with Crippen LogP contribution >= 0.6 is 0 Å². The van der Waals surface area contributed by atoms with Gasteiger partial charge >= 0.3 is 0 Å². The van der Waals surface area contributed by atoms with Crippen LogP contribution in [0.5, 0.6) is 0 Å². The standard InChI is InChI=1S/C8H19N3/c9-4-2-6-11-5-1-3-8(10)7-11/h8H,1-7,9-10H2. The molecular weight excluding hydrogens is 138 g/mol. The highest BCUT2D eigenvalue weighted by Gasteiger charge is 2.15. The van der Waals surface area contributed by atoms with Crippen molar-refractivity contribution in [2.24, 2.45) is 11.5 Å².